The first kappa shape index (κ1) is 14.6. The molecule has 0 saturated heterocycles. The summed E-state index contributed by atoms with van der Waals surface area (Å²) in [4.78, 5) is 0. The van der Waals surface area contributed by atoms with Crippen LogP contribution < -0.4 is 5.32 Å². The average molecular weight is 391 g/mol. The van der Waals surface area contributed by atoms with E-state index in [0.29, 0.717) is 4.47 Å². The van der Waals surface area contributed by atoms with Gasteiger partial charge in [0.1, 0.15) is 11.6 Å². The Bertz CT molecular complexity index is 561. The second-order valence-corrected chi connectivity index (χ2v) is 5.89. The Kier molecular flexibility index (Phi) is 4.71. The lowest BCUT2D eigenvalue weighted by molar-refractivity contribution is 0.521. The molecule has 0 amide bonds. The summed E-state index contributed by atoms with van der Waals surface area (Å²) in [6, 6.07) is 9.34. The molecule has 1 atom stereocenters. The number of hydrogen-bond donors (Lipinski definition) is 1. The fourth-order valence-electron chi connectivity index (χ4n) is 1.96. The molecule has 2 rings (SSSR count). The Morgan fingerprint density at radius 2 is 1.47 bits per heavy atom. The Morgan fingerprint density at radius 3 is 1.95 bits per heavy atom. The average Bonchev–Trinajstić information content (AvgIpc) is 2.35. The van der Waals surface area contributed by atoms with Crippen LogP contribution in [0.15, 0.2) is 45.3 Å². The highest BCUT2D eigenvalue weighted by molar-refractivity contribution is 9.10. The van der Waals surface area contributed by atoms with Crippen molar-refractivity contribution in [3.05, 3.63) is 68.1 Å². The van der Waals surface area contributed by atoms with Gasteiger partial charge in [-0.15, -0.1) is 0 Å². The van der Waals surface area contributed by atoms with Crippen LogP contribution >= 0.6 is 31.9 Å². The van der Waals surface area contributed by atoms with Crippen LogP contribution in [-0.4, -0.2) is 7.05 Å². The molecule has 2 aromatic rings. The second-order valence-electron chi connectivity index (χ2n) is 4.06. The monoisotopic (exact) mass is 389 g/mol. The van der Waals surface area contributed by atoms with Gasteiger partial charge in [0.25, 0.3) is 0 Å². The predicted molar refractivity (Wildman–Crippen MR) is 79.1 cm³/mol. The van der Waals surface area contributed by atoms with Crippen LogP contribution in [0.25, 0.3) is 0 Å². The van der Waals surface area contributed by atoms with Gasteiger partial charge in [0.15, 0.2) is 0 Å². The third-order valence-corrected chi connectivity index (χ3v) is 3.81. The Labute approximate surface area is 127 Å². The topological polar surface area (TPSA) is 12.0 Å². The Morgan fingerprint density at radius 1 is 0.947 bits per heavy atom. The Hall–Kier alpha value is -0.780. The molecule has 0 aliphatic heterocycles. The zero-order valence-electron chi connectivity index (χ0n) is 10.1. The molecular weight excluding hydrogens is 380 g/mol. The summed E-state index contributed by atoms with van der Waals surface area (Å²) in [7, 11) is 1.67. The van der Waals surface area contributed by atoms with Gasteiger partial charge in [0.2, 0.25) is 0 Å². The van der Waals surface area contributed by atoms with E-state index in [1.165, 1.54) is 12.1 Å². The predicted octanol–water partition coefficient (Wildman–Crippen LogP) is 4.80. The summed E-state index contributed by atoms with van der Waals surface area (Å²) in [5, 5.41) is 2.94. The first-order chi connectivity index (χ1) is 9.02. The summed E-state index contributed by atoms with van der Waals surface area (Å²) >= 11 is 6.41. The van der Waals surface area contributed by atoms with Crippen molar-refractivity contribution in [2.75, 3.05) is 7.05 Å². The van der Waals surface area contributed by atoms with Crippen molar-refractivity contribution in [1.82, 2.24) is 5.32 Å². The smallest absolute Gasteiger partial charge is 0.132 e. The van der Waals surface area contributed by atoms with Crippen LogP contribution in [-0.2, 0) is 0 Å². The third kappa shape index (κ3) is 3.22. The zero-order chi connectivity index (χ0) is 14.0. The molecule has 0 radical (unpaired) electrons. The molecule has 2 aromatic carbocycles. The van der Waals surface area contributed by atoms with Crippen molar-refractivity contribution in [2.24, 2.45) is 0 Å². The normalized spacial score (nSPS) is 12.5. The zero-order valence-corrected chi connectivity index (χ0v) is 13.2. The van der Waals surface area contributed by atoms with Gasteiger partial charge < -0.3 is 5.32 Å². The van der Waals surface area contributed by atoms with Crippen molar-refractivity contribution in [3.8, 4) is 0 Å². The van der Waals surface area contributed by atoms with E-state index in [4.69, 9.17) is 0 Å². The molecule has 0 bridgehead atoms. The summed E-state index contributed by atoms with van der Waals surface area (Å²) < 4.78 is 29.3. The highest BCUT2D eigenvalue weighted by Crippen LogP contribution is 2.29. The summed E-state index contributed by atoms with van der Waals surface area (Å²) in [6.45, 7) is 0. The molecule has 0 fully saturated rings. The minimum Gasteiger partial charge on any atom is -0.309 e. The van der Waals surface area contributed by atoms with Crippen LogP contribution in [0, 0.1) is 11.6 Å². The van der Waals surface area contributed by atoms with E-state index in [-0.39, 0.29) is 5.56 Å². The van der Waals surface area contributed by atoms with Crippen molar-refractivity contribution in [2.45, 2.75) is 6.04 Å². The number of rotatable bonds is 3. The minimum atomic E-state index is -0.575. The van der Waals surface area contributed by atoms with E-state index >= 15 is 0 Å². The Balaban J connectivity index is 2.51. The van der Waals surface area contributed by atoms with Gasteiger partial charge in [0, 0.05) is 14.5 Å². The molecule has 5 heteroatoms. The quantitative estimate of drug-likeness (QED) is 0.793. The van der Waals surface area contributed by atoms with E-state index < -0.39 is 17.7 Å². The molecule has 1 N–H and O–H groups in total. The maximum absolute atomic E-state index is 14.0. The van der Waals surface area contributed by atoms with Crippen molar-refractivity contribution in [3.63, 3.8) is 0 Å². The molecule has 0 heterocycles. The molecule has 0 aliphatic rings. The van der Waals surface area contributed by atoms with Gasteiger partial charge in [0.05, 0.1) is 6.04 Å². The van der Waals surface area contributed by atoms with E-state index in [1.54, 1.807) is 7.05 Å². The largest absolute Gasteiger partial charge is 0.309 e. The van der Waals surface area contributed by atoms with E-state index in [9.17, 15) is 8.78 Å². The highest BCUT2D eigenvalue weighted by Gasteiger charge is 2.21. The fraction of sp³-hybridized carbons (Fsp3) is 0.143. The minimum absolute atomic E-state index is 0.0213. The number of nitrogens with one attached hydrogen (secondary N) is 1. The van der Waals surface area contributed by atoms with Gasteiger partial charge >= 0.3 is 0 Å². The summed E-state index contributed by atoms with van der Waals surface area (Å²) in [5.41, 5.74) is 0.818. The van der Waals surface area contributed by atoms with Crippen LogP contribution in [0.3, 0.4) is 0 Å². The van der Waals surface area contributed by atoms with Gasteiger partial charge in [-0.25, -0.2) is 8.78 Å². The lowest BCUT2D eigenvalue weighted by Gasteiger charge is -2.19. The van der Waals surface area contributed by atoms with Crippen LogP contribution in [0.4, 0.5) is 8.78 Å². The molecule has 1 nitrogen and oxygen atoms in total. The van der Waals surface area contributed by atoms with Crippen LogP contribution in [0.1, 0.15) is 17.2 Å². The molecule has 0 spiro atoms. The first-order valence-corrected chi connectivity index (χ1v) is 7.18. The lowest BCUT2D eigenvalue weighted by atomic mass is 9.98. The van der Waals surface area contributed by atoms with Crippen LogP contribution in [0.2, 0.25) is 0 Å². The van der Waals surface area contributed by atoms with Crippen molar-refractivity contribution >= 4 is 31.9 Å². The fourth-order valence-corrected chi connectivity index (χ4v) is 2.63. The molecule has 0 saturated carbocycles. The van der Waals surface area contributed by atoms with E-state index in [0.717, 1.165) is 10.0 Å². The van der Waals surface area contributed by atoms with E-state index in [1.807, 2.05) is 24.3 Å². The van der Waals surface area contributed by atoms with Crippen molar-refractivity contribution < 1.29 is 8.78 Å². The van der Waals surface area contributed by atoms with Gasteiger partial charge in [-0.1, -0.05) is 44.0 Å². The van der Waals surface area contributed by atoms with Gasteiger partial charge in [-0.05, 0) is 36.9 Å². The summed E-state index contributed by atoms with van der Waals surface area (Å²) in [5.74, 6) is -1.15. The van der Waals surface area contributed by atoms with Gasteiger partial charge in [-0.3, -0.25) is 0 Å². The first-order valence-electron chi connectivity index (χ1n) is 5.60. The number of halogens is 4. The highest BCUT2D eigenvalue weighted by atomic mass is 79.9. The number of hydrogen-bond acceptors (Lipinski definition) is 1. The third-order valence-electron chi connectivity index (χ3n) is 2.82. The maximum Gasteiger partial charge on any atom is 0.132 e. The molecule has 0 aromatic heterocycles. The van der Waals surface area contributed by atoms with Gasteiger partial charge in [-0.2, -0.15) is 0 Å². The molecule has 100 valence electrons. The SMILES string of the molecule is CNC(c1ccc(Br)cc1)c1c(F)cc(Br)cc1F. The molecule has 0 aliphatic carbocycles. The van der Waals surface area contributed by atoms with Crippen LogP contribution in [0.5, 0.6) is 0 Å². The molecule has 1 unspecified atom stereocenters. The van der Waals surface area contributed by atoms with Crippen molar-refractivity contribution in [1.29, 1.82) is 0 Å². The number of benzene rings is 2. The summed E-state index contributed by atoms with van der Waals surface area (Å²) in [6.07, 6.45) is 0. The lowest BCUT2D eigenvalue weighted by Crippen LogP contribution is -2.20. The molecular formula is C14H11Br2F2N. The maximum atomic E-state index is 14.0. The molecule has 19 heavy (non-hydrogen) atoms. The second kappa shape index (κ2) is 6.11. The standard InChI is InChI=1S/C14H11Br2F2N/c1-19-14(8-2-4-9(15)5-3-8)13-11(17)6-10(16)7-12(13)18/h2-7,14,19H,1H3. The van der Waals surface area contributed by atoms with E-state index in [2.05, 4.69) is 37.2 Å².